The Hall–Kier alpha value is -1.68. The van der Waals surface area contributed by atoms with Gasteiger partial charge in [0.05, 0.1) is 6.04 Å². The van der Waals surface area contributed by atoms with E-state index in [2.05, 4.69) is 5.32 Å². The summed E-state index contributed by atoms with van der Waals surface area (Å²) in [5.41, 5.74) is 0.772. The molecule has 18 heavy (non-hydrogen) atoms. The molecule has 0 aromatic heterocycles. The number of carbonyl (C=O) groups excluding carboxylic acids is 2. The molecule has 4 nitrogen and oxygen atoms in total. The topological polar surface area (TPSA) is 55.4 Å². The van der Waals surface area contributed by atoms with Crippen molar-refractivity contribution in [1.82, 2.24) is 5.32 Å². The van der Waals surface area contributed by atoms with Crippen LogP contribution < -0.4 is 5.32 Å². The number of rotatable bonds is 6. The van der Waals surface area contributed by atoms with Crippen molar-refractivity contribution in [3.05, 3.63) is 35.9 Å². The summed E-state index contributed by atoms with van der Waals surface area (Å²) in [7, 11) is 1.48. The summed E-state index contributed by atoms with van der Waals surface area (Å²) in [6.07, 6.45) is -0.275. The molecule has 1 aromatic rings. The fraction of sp³-hybridized carbons (Fsp3) is 0.429. The maximum atomic E-state index is 12.0. The van der Waals surface area contributed by atoms with Crippen LogP contribution >= 0.6 is 0 Å². The first-order chi connectivity index (χ1) is 8.60. The Balaban J connectivity index is 2.72. The van der Waals surface area contributed by atoms with E-state index in [0.717, 1.165) is 5.56 Å². The normalized spacial score (nSPS) is 13.7. The van der Waals surface area contributed by atoms with Crippen LogP contribution in [-0.4, -0.2) is 24.8 Å². The Labute approximate surface area is 107 Å². The van der Waals surface area contributed by atoms with Crippen LogP contribution in [-0.2, 0) is 14.3 Å². The lowest BCUT2D eigenvalue weighted by atomic mass is 10.1. The Kier molecular flexibility index (Phi) is 5.52. The minimum absolute atomic E-state index is 0.00580. The van der Waals surface area contributed by atoms with Gasteiger partial charge in [-0.3, -0.25) is 9.59 Å². The molecule has 0 saturated heterocycles. The van der Waals surface area contributed by atoms with Gasteiger partial charge in [0.15, 0.2) is 11.9 Å². The van der Waals surface area contributed by atoms with Crippen molar-refractivity contribution in [2.24, 2.45) is 0 Å². The molecule has 0 heterocycles. The summed E-state index contributed by atoms with van der Waals surface area (Å²) in [4.78, 5) is 23.5. The summed E-state index contributed by atoms with van der Waals surface area (Å²) >= 11 is 0. The van der Waals surface area contributed by atoms with Crippen molar-refractivity contribution in [3.8, 4) is 0 Å². The molecule has 1 N–H and O–H groups in total. The summed E-state index contributed by atoms with van der Waals surface area (Å²) < 4.78 is 5.19. The molecule has 98 valence electrons. The largest absolute Gasteiger partial charge is 0.367 e. The fourth-order valence-electron chi connectivity index (χ4n) is 1.70. The summed E-state index contributed by atoms with van der Waals surface area (Å²) in [6.45, 7) is 3.46. The number of nitrogens with one attached hydrogen (secondary N) is 1. The smallest absolute Gasteiger partial charge is 0.254 e. The van der Waals surface area contributed by atoms with E-state index in [1.807, 2.05) is 30.3 Å². The average Bonchev–Trinajstić information content (AvgIpc) is 2.39. The standard InChI is InChI=1S/C14H19NO3/c1-4-12(16)10(2)15-14(17)13(18-3)11-8-6-5-7-9-11/h5-10,13H,4H2,1-3H3,(H,15,17)/t10-,13?/m0/s1. The number of methoxy groups -OCH3 is 1. The molecule has 0 saturated carbocycles. The highest BCUT2D eigenvalue weighted by atomic mass is 16.5. The Bertz CT molecular complexity index is 403. The van der Waals surface area contributed by atoms with E-state index in [1.165, 1.54) is 7.11 Å². The van der Waals surface area contributed by atoms with Gasteiger partial charge in [-0.15, -0.1) is 0 Å². The quantitative estimate of drug-likeness (QED) is 0.837. The van der Waals surface area contributed by atoms with Gasteiger partial charge >= 0.3 is 0 Å². The number of benzene rings is 1. The second-order valence-electron chi connectivity index (χ2n) is 4.08. The maximum Gasteiger partial charge on any atom is 0.254 e. The second kappa shape index (κ2) is 6.91. The number of hydrogen-bond donors (Lipinski definition) is 1. The molecule has 0 fully saturated rings. The fourth-order valence-corrected chi connectivity index (χ4v) is 1.70. The van der Waals surface area contributed by atoms with E-state index in [1.54, 1.807) is 13.8 Å². The number of hydrogen-bond acceptors (Lipinski definition) is 3. The van der Waals surface area contributed by atoms with Crippen molar-refractivity contribution < 1.29 is 14.3 Å². The van der Waals surface area contributed by atoms with Crippen molar-refractivity contribution in [1.29, 1.82) is 0 Å². The van der Waals surface area contributed by atoms with Crippen LogP contribution in [0.25, 0.3) is 0 Å². The molecule has 0 bridgehead atoms. The first-order valence-corrected chi connectivity index (χ1v) is 6.01. The third-order valence-electron chi connectivity index (χ3n) is 2.77. The highest BCUT2D eigenvalue weighted by Crippen LogP contribution is 2.16. The molecule has 2 atom stereocenters. The lowest BCUT2D eigenvalue weighted by Crippen LogP contribution is -2.41. The molecular formula is C14H19NO3. The maximum absolute atomic E-state index is 12.0. The van der Waals surface area contributed by atoms with Gasteiger partial charge in [0.25, 0.3) is 5.91 Å². The molecule has 4 heteroatoms. The van der Waals surface area contributed by atoms with Crippen molar-refractivity contribution in [2.45, 2.75) is 32.4 Å². The van der Waals surface area contributed by atoms with Gasteiger partial charge in [0, 0.05) is 13.5 Å². The third kappa shape index (κ3) is 3.67. The summed E-state index contributed by atoms with van der Waals surface area (Å²) in [6, 6.07) is 8.71. The van der Waals surface area contributed by atoms with Crippen LogP contribution in [0.15, 0.2) is 30.3 Å². The molecule has 1 amide bonds. The predicted molar refractivity (Wildman–Crippen MR) is 69.1 cm³/mol. The van der Waals surface area contributed by atoms with Crippen LogP contribution in [0.4, 0.5) is 0 Å². The van der Waals surface area contributed by atoms with Crippen LogP contribution in [0, 0.1) is 0 Å². The molecule has 1 rings (SSSR count). The molecule has 1 aromatic carbocycles. The second-order valence-corrected chi connectivity index (χ2v) is 4.08. The Morgan fingerprint density at radius 3 is 2.39 bits per heavy atom. The van der Waals surface area contributed by atoms with Crippen molar-refractivity contribution >= 4 is 11.7 Å². The van der Waals surface area contributed by atoms with Gasteiger partial charge in [0.1, 0.15) is 0 Å². The zero-order valence-corrected chi connectivity index (χ0v) is 11.0. The van der Waals surface area contributed by atoms with Crippen molar-refractivity contribution in [3.63, 3.8) is 0 Å². The molecule has 0 aliphatic rings. The highest BCUT2D eigenvalue weighted by molar-refractivity contribution is 5.90. The highest BCUT2D eigenvalue weighted by Gasteiger charge is 2.23. The monoisotopic (exact) mass is 249 g/mol. The minimum atomic E-state index is -0.682. The molecule has 0 spiro atoms. The van der Waals surface area contributed by atoms with Crippen LogP contribution in [0.5, 0.6) is 0 Å². The number of ether oxygens (including phenoxy) is 1. The molecule has 1 unspecified atom stereocenters. The molecule has 0 aliphatic heterocycles. The Morgan fingerprint density at radius 1 is 1.28 bits per heavy atom. The number of carbonyl (C=O) groups is 2. The summed E-state index contributed by atoms with van der Waals surface area (Å²) in [5, 5.41) is 2.67. The first kappa shape index (κ1) is 14.4. The summed E-state index contributed by atoms with van der Waals surface area (Å²) in [5.74, 6) is -0.288. The van der Waals surface area contributed by atoms with Gasteiger partial charge in [-0.25, -0.2) is 0 Å². The van der Waals surface area contributed by atoms with Gasteiger partial charge in [-0.05, 0) is 12.5 Å². The molecule has 0 radical (unpaired) electrons. The number of ketones is 1. The van der Waals surface area contributed by atoms with Gasteiger partial charge in [0.2, 0.25) is 0 Å². The van der Waals surface area contributed by atoms with E-state index in [9.17, 15) is 9.59 Å². The van der Waals surface area contributed by atoms with Gasteiger partial charge < -0.3 is 10.1 Å². The average molecular weight is 249 g/mol. The Morgan fingerprint density at radius 2 is 1.89 bits per heavy atom. The minimum Gasteiger partial charge on any atom is -0.367 e. The van der Waals surface area contributed by atoms with E-state index in [-0.39, 0.29) is 11.7 Å². The van der Waals surface area contributed by atoms with Crippen LogP contribution in [0.1, 0.15) is 31.9 Å². The van der Waals surface area contributed by atoms with E-state index in [0.29, 0.717) is 6.42 Å². The van der Waals surface area contributed by atoms with Crippen LogP contribution in [0.2, 0.25) is 0 Å². The number of Topliss-reactive ketones (excluding diaryl/α,β-unsaturated/α-hetero) is 1. The third-order valence-corrected chi connectivity index (χ3v) is 2.77. The lowest BCUT2D eigenvalue weighted by molar-refractivity contribution is -0.134. The molecule has 0 aliphatic carbocycles. The zero-order chi connectivity index (χ0) is 13.5. The van der Waals surface area contributed by atoms with Crippen LogP contribution in [0.3, 0.4) is 0 Å². The SMILES string of the molecule is CCC(=O)[C@H](C)NC(=O)C(OC)c1ccccc1. The van der Waals surface area contributed by atoms with E-state index in [4.69, 9.17) is 4.74 Å². The van der Waals surface area contributed by atoms with E-state index >= 15 is 0 Å². The predicted octanol–water partition coefficient (Wildman–Crippen LogP) is 1.86. The van der Waals surface area contributed by atoms with E-state index < -0.39 is 12.1 Å². The van der Waals surface area contributed by atoms with Crippen molar-refractivity contribution in [2.75, 3.05) is 7.11 Å². The first-order valence-electron chi connectivity index (χ1n) is 6.01. The number of amides is 1. The van der Waals surface area contributed by atoms with Gasteiger partial charge in [-0.1, -0.05) is 37.3 Å². The molecular weight excluding hydrogens is 230 g/mol. The lowest BCUT2D eigenvalue weighted by Gasteiger charge is -2.18. The van der Waals surface area contributed by atoms with Gasteiger partial charge in [-0.2, -0.15) is 0 Å². The zero-order valence-electron chi connectivity index (χ0n) is 11.0.